The molecule has 2 atom stereocenters. The lowest BCUT2D eigenvalue weighted by Gasteiger charge is -2.27. The maximum Gasteiger partial charge on any atom is 0.0749 e. The molecule has 114 valence electrons. The summed E-state index contributed by atoms with van der Waals surface area (Å²) < 4.78 is 0. The molecule has 2 rings (SSSR count). The van der Waals surface area contributed by atoms with Gasteiger partial charge >= 0.3 is 0 Å². The third-order valence-corrected chi connectivity index (χ3v) is 3.99. The second-order valence-corrected chi connectivity index (χ2v) is 7.37. The van der Waals surface area contributed by atoms with Crippen molar-refractivity contribution < 1.29 is 0 Å². The van der Waals surface area contributed by atoms with Crippen LogP contribution in [0, 0.1) is 11.3 Å². The summed E-state index contributed by atoms with van der Waals surface area (Å²) in [4.78, 5) is 4.59. The lowest BCUT2D eigenvalue weighted by Crippen LogP contribution is -2.21. The first-order valence-electron chi connectivity index (χ1n) is 7.91. The van der Waals surface area contributed by atoms with E-state index in [0.29, 0.717) is 17.4 Å². The second kappa shape index (κ2) is 6.57. The summed E-state index contributed by atoms with van der Waals surface area (Å²) in [5, 5.41) is 4.71. The number of benzene rings is 1. The highest BCUT2D eigenvalue weighted by Gasteiger charge is 2.20. The van der Waals surface area contributed by atoms with Crippen LogP contribution in [0.2, 0.25) is 0 Å². The molecule has 2 unspecified atom stereocenters. The molecule has 0 radical (unpaired) electrons. The normalized spacial score (nSPS) is 15.1. The fourth-order valence-corrected chi connectivity index (χ4v) is 3.34. The number of pyridine rings is 1. The largest absolute Gasteiger partial charge is 0.313 e. The number of fused-ring (bicyclic) bond motifs is 1. The minimum Gasteiger partial charge on any atom is -0.313 e. The van der Waals surface area contributed by atoms with E-state index < -0.39 is 0 Å². The molecule has 0 fully saturated rings. The topological polar surface area (TPSA) is 24.9 Å². The van der Waals surface area contributed by atoms with Gasteiger partial charge in [-0.3, -0.25) is 4.98 Å². The quantitative estimate of drug-likeness (QED) is 0.839. The summed E-state index contributed by atoms with van der Waals surface area (Å²) in [6.07, 6.45) is 4.27. The van der Waals surface area contributed by atoms with Crippen LogP contribution < -0.4 is 5.32 Å². The molecule has 0 saturated heterocycles. The van der Waals surface area contributed by atoms with Crippen LogP contribution in [0.25, 0.3) is 10.9 Å². The van der Waals surface area contributed by atoms with E-state index in [2.05, 4.69) is 69.3 Å². The van der Waals surface area contributed by atoms with E-state index in [1.165, 1.54) is 17.4 Å². The average molecular weight is 284 g/mol. The Morgan fingerprint density at radius 2 is 1.86 bits per heavy atom. The lowest BCUT2D eigenvalue weighted by molar-refractivity contribution is 0.279. The van der Waals surface area contributed by atoms with Gasteiger partial charge in [-0.25, -0.2) is 0 Å². The van der Waals surface area contributed by atoms with Gasteiger partial charge in [0.25, 0.3) is 0 Å². The van der Waals surface area contributed by atoms with Gasteiger partial charge in [-0.1, -0.05) is 52.0 Å². The smallest absolute Gasteiger partial charge is 0.0749 e. The number of para-hydroxylation sites is 1. The first-order chi connectivity index (χ1) is 9.90. The van der Waals surface area contributed by atoms with Gasteiger partial charge in [0.05, 0.1) is 5.52 Å². The molecule has 21 heavy (non-hydrogen) atoms. The Labute approximate surface area is 129 Å². The number of aromatic nitrogens is 1. The summed E-state index contributed by atoms with van der Waals surface area (Å²) >= 11 is 0. The molecular formula is C19H28N2. The van der Waals surface area contributed by atoms with Crippen LogP contribution in [0.3, 0.4) is 0 Å². The maximum absolute atomic E-state index is 4.59. The van der Waals surface area contributed by atoms with Crippen molar-refractivity contribution in [3.63, 3.8) is 0 Å². The lowest BCUT2D eigenvalue weighted by atomic mass is 9.82. The van der Waals surface area contributed by atoms with E-state index >= 15 is 0 Å². The van der Waals surface area contributed by atoms with Crippen LogP contribution in [0.15, 0.2) is 36.5 Å². The molecule has 2 heteroatoms. The van der Waals surface area contributed by atoms with Gasteiger partial charge in [0.1, 0.15) is 0 Å². The molecule has 2 nitrogen and oxygen atoms in total. The van der Waals surface area contributed by atoms with Crippen molar-refractivity contribution in [3.8, 4) is 0 Å². The van der Waals surface area contributed by atoms with Gasteiger partial charge in [0, 0.05) is 17.6 Å². The molecule has 1 aromatic heterocycles. The summed E-state index contributed by atoms with van der Waals surface area (Å²) in [6.45, 7) is 9.31. The summed E-state index contributed by atoms with van der Waals surface area (Å²) in [7, 11) is 2.05. The van der Waals surface area contributed by atoms with Gasteiger partial charge in [0.15, 0.2) is 0 Å². The Morgan fingerprint density at radius 3 is 2.52 bits per heavy atom. The Kier molecular flexibility index (Phi) is 5.00. The van der Waals surface area contributed by atoms with Gasteiger partial charge < -0.3 is 5.32 Å². The van der Waals surface area contributed by atoms with Crippen molar-refractivity contribution in [3.05, 3.63) is 42.1 Å². The van der Waals surface area contributed by atoms with Gasteiger partial charge in [-0.15, -0.1) is 0 Å². The monoisotopic (exact) mass is 284 g/mol. The average Bonchev–Trinajstić information content (AvgIpc) is 2.42. The zero-order valence-electron chi connectivity index (χ0n) is 14.0. The zero-order valence-corrected chi connectivity index (χ0v) is 14.0. The second-order valence-electron chi connectivity index (χ2n) is 7.37. The summed E-state index contributed by atoms with van der Waals surface area (Å²) in [5.41, 5.74) is 2.83. The summed E-state index contributed by atoms with van der Waals surface area (Å²) in [6, 6.07) is 11.0. The Bertz CT molecular complexity index is 578. The van der Waals surface area contributed by atoms with Crippen LogP contribution in [-0.2, 0) is 0 Å². The Hall–Kier alpha value is -1.41. The number of hydrogen-bond donors (Lipinski definition) is 1. The molecule has 0 aliphatic rings. The fraction of sp³-hybridized carbons (Fsp3) is 0.526. The SMILES string of the molecule is CNC(CC(C)CC(C)(C)C)c1cccc2cccnc12. The molecule has 0 bridgehead atoms. The minimum atomic E-state index is 0.362. The molecule has 2 aromatic rings. The van der Waals surface area contributed by atoms with Crippen molar-refractivity contribution in [1.82, 2.24) is 10.3 Å². The molecular weight excluding hydrogens is 256 g/mol. The standard InChI is InChI=1S/C19H28N2/c1-14(13-19(2,3)4)12-17(20-5)16-10-6-8-15-9-7-11-21-18(15)16/h6-11,14,17,20H,12-13H2,1-5H3. The van der Waals surface area contributed by atoms with Gasteiger partial charge in [-0.2, -0.15) is 0 Å². The van der Waals surface area contributed by atoms with Crippen LogP contribution in [0.4, 0.5) is 0 Å². The highest BCUT2D eigenvalue weighted by molar-refractivity contribution is 5.81. The van der Waals surface area contributed by atoms with E-state index in [9.17, 15) is 0 Å². The van der Waals surface area contributed by atoms with E-state index in [4.69, 9.17) is 0 Å². The van der Waals surface area contributed by atoms with Crippen molar-refractivity contribution in [1.29, 1.82) is 0 Å². The van der Waals surface area contributed by atoms with Crippen molar-refractivity contribution in [2.75, 3.05) is 7.05 Å². The molecule has 0 aliphatic heterocycles. The highest BCUT2D eigenvalue weighted by Crippen LogP contribution is 2.32. The fourth-order valence-electron chi connectivity index (χ4n) is 3.34. The molecule has 1 aromatic carbocycles. The minimum absolute atomic E-state index is 0.362. The molecule has 0 spiro atoms. The molecule has 0 saturated carbocycles. The molecule has 0 amide bonds. The Morgan fingerprint density at radius 1 is 1.14 bits per heavy atom. The highest BCUT2D eigenvalue weighted by atomic mass is 14.9. The number of nitrogens with one attached hydrogen (secondary N) is 1. The zero-order chi connectivity index (χ0) is 15.5. The van der Waals surface area contributed by atoms with Crippen molar-refractivity contribution in [2.24, 2.45) is 11.3 Å². The first kappa shape index (κ1) is 16.0. The van der Waals surface area contributed by atoms with Crippen molar-refractivity contribution >= 4 is 10.9 Å². The predicted molar refractivity (Wildman–Crippen MR) is 91.4 cm³/mol. The maximum atomic E-state index is 4.59. The van der Waals surface area contributed by atoms with Crippen LogP contribution >= 0.6 is 0 Å². The third kappa shape index (κ3) is 4.28. The Balaban J connectivity index is 2.24. The van der Waals surface area contributed by atoms with E-state index in [1.807, 2.05) is 12.3 Å². The van der Waals surface area contributed by atoms with Gasteiger partial charge in [-0.05, 0) is 42.9 Å². The molecule has 1 heterocycles. The number of nitrogens with zero attached hydrogens (tertiary/aromatic N) is 1. The summed E-state index contributed by atoms with van der Waals surface area (Å²) in [5.74, 6) is 0.682. The van der Waals surface area contributed by atoms with E-state index in [-0.39, 0.29) is 0 Å². The molecule has 0 aliphatic carbocycles. The van der Waals surface area contributed by atoms with Crippen LogP contribution in [-0.4, -0.2) is 12.0 Å². The van der Waals surface area contributed by atoms with Gasteiger partial charge in [0.2, 0.25) is 0 Å². The van der Waals surface area contributed by atoms with E-state index in [0.717, 1.165) is 11.9 Å². The van der Waals surface area contributed by atoms with Crippen LogP contribution in [0.5, 0.6) is 0 Å². The van der Waals surface area contributed by atoms with E-state index in [1.54, 1.807) is 0 Å². The predicted octanol–water partition coefficient (Wildman–Crippen LogP) is 4.96. The van der Waals surface area contributed by atoms with Crippen LogP contribution in [0.1, 0.15) is 52.1 Å². The number of rotatable bonds is 5. The number of hydrogen-bond acceptors (Lipinski definition) is 2. The first-order valence-corrected chi connectivity index (χ1v) is 7.91. The molecule has 1 N–H and O–H groups in total. The third-order valence-electron chi connectivity index (χ3n) is 3.99. The van der Waals surface area contributed by atoms with Crippen molar-refractivity contribution in [2.45, 2.75) is 46.6 Å².